The van der Waals surface area contributed by atoms with Gasteiger partial charge in [-0.15, -0.1) is 0 Å². The van der Waals surface area contributed by atoms with Gasteiger partial charge < -0.3 is 10.4 Å². The summed E-state index contributed by atoms with van der Waals surface area (Å²) in [6.07, 6.45) is 1.69. The lowest BCUT2D eigenvalue weighted by Gasteiger charge is -2.27. The number of benzene rings is 1. The molecule has 1 fully saturated rings. The molecule has 0 spiro atoms. The van der Waals surface area contributed by atoms with Crippen molar-refractivity contribution in [3.05, 3.63) is 34.3 Å². The van der Waals surface area contributed by atoms with Crippen LogP contribution in [0.2, 0.25) is 5.02 Å². The number of rotatable bonds is 2. The highest BCUT2D eigenvalue weighted by Crippen LogP contribution is 2.30. The Labute approximate surface area is 102 Å². The van der Waals surface area contributed by atoms with Crippen molar-refractivity contribution in [3.8, 4) is 0 Å². The van der Waals surface area contributed by atoms with Gasteiger partial charge in [0.15, 0.2) is 0 Å². The van der Waals surface area contributed by atoms with Gasteiger partial charge in [0, 0.05) is 5.02 Å². The third-order valence-corrected chi connectivity index (χ3v) is 3.77. The molecular weight excluding hydrogens is 222 g/mol. The summed E-state index contributed by atoms with van der Waals surface area (Å²) in [5.41, 5.74) is 2.01. The number of aliphatic hydroxyl groups is 1. The molecule has 0 radical (unpaired) electrons. The van der Waals surface area contributed by atoms with E-state index in [1.54, 1.807) is 0 Å². The molecule has 2 nitrogen and oxygen atoms in total. The van der Waals surface area contributed by atoms with Gasteiger partial charge in [0.1, 0.15) is 0 Å². The van der Waals surface area contributed by atoms with E-state index in [0.717, 1.165) is 42.1 Å². The van der Waals surface area contributed by atoms with Crippen LogP contribution < -0.4 is 5.32 Å². The number of aliphatic hydroxyl groups excluding tert-OH is 1. The van der Waals surface area contributed by atoms with E-state index in [0.29, 0.717) is 5.92 Å². The van der Waals surface area contributed by atoms with Crippen molar-refractivity contribution >= 4 is 11.6 Å². The Kier molecular flexibility index (Phi) is 3.85. The first-order valence-corrected chi connectivity index (χ1v) is 6.21. The first kappa shape index (κ1) is 11.9. The maximum atomic E-state index is 10.3. The molecule has 16 heavy (non-hydrogen) atoms. The molecule has 0 amide bonds. The summed E-state index contributed by atoms with van der Waals surface area (Å²) in [4.78, 5) is 0. The zero-order chi connectivity index (χ0) is 11.5. The van der Waals surface area contributed by atoms with E-state index < -0.39 is 0 Å². The van der Waals surface area contributed by atoms with Gasteiger partial charge in [-0.3, -0.25) is 0 Å². The number of aryl methyl sites for hydroxylation is 1. The zero-order valence-corrected chi connectivity index (χ0v) is 10.3. The van der Waals surface area contributed by atoms with E-state index in [9.17, 15) is 5.11 Å². The van der Waals surface area contributed by atoms with E-state index in [1.807, 2.05) is 25.1 Å². The second-order valence-electron chi connectivity index (χ2n) is 4.54. The molecule has 1 aromatic carbocycles. The van der Waals surface area contributed by atoms with Crippen LogP contribution in [0.25, 0.3) is 0 Å². The van der Waals surface area contributed by atoms with Crippen LogP contribution >= 0.6 is 11.6 Å². The molecule has 3 heteroatoms. The Morgan fingerprint density at radius 1 is 1.38 bits per heavy atom. The Hall–Kier alpha value is -0.570. The van der Waals surface area contributed by atoms with Crippen molar-refractivity contribution in [2.45, 2.75) is 25.9 Å². The standard InChI is InChI=1S/C13H18ClNO/c1-9-2-3-11(8-12(9)14)13(16)10-4-6-15-7-5-10/h2-3,8,10,13,15-16H,4-7H2,1H3. The van der Waals surface area contributed by atoms with Crippen LogP contribution in [0, 0.1) is 12.8 Å². The van der Waals surface area contributed by atoms with Crippen molar-refractivity contribution in [2.75, 3.05) is 13.1 Å². The van der Waals surface area contributed by atoms with E-state index in [-0.39, 0.29) is 6.10 Å². The van der Waals surface area contributed by atoms with Crippen molar-refractivity contribution in [2.24, 2.45) is 5.92 Å². The first-order chi connectivity index (χ1) is 7.68. The van der Waals surface area contributed by atoms with Crippen LogP contribution in [0.15, 0.2) is 18.2 Å². The maximum Gasteiger partial charge on any atom is 0.0819 e. The predicted octanol–water partition coefficient (Wildman–Crippen LogP) is 2.68. The lowest BCUT2D eigenvalue weighted by molar-refractivity contribution is 0.0889. The molecule has 1 aliphatic heterocycles. The second kappa shape index (κ2) is 5.17. The van der Waals surface area contributed by atoms with E-state index >= 15 is 0 Å². The molecule has 0 bridgehead atoms. The molecule has 1 aromatic rings. The lowest BCUT2D eigenvalue weighted by atomic mass is 9.88. The number of nitrogens with one attached hydrogen (secondary N) is 1. The third-order valence-electron chi connectivity index (χ3n) is 3.37. The summed E-state index contributed by atoms with van der Waals surface area (Å²) < 4.78 is 0. The second-order valence-corrected chi connectivity index (χ2v) is 4.95. The first-order valence-electron chi connectivity index (χ1n) is 5.83. The van der Waals surface area contributed by atoms with Crippen LogP contribution in [-0.2, 0) is 0 Å². The fourth-order valence-electron chi connectivity index (χ4n) is 2.23. The quantitative estimate of drug-likeness (QED) is 0.832. The number of hydrogen-bond donors (Lipinski definition) is 2. The molecular formula is C13H18ClNO. The third kappa shape index (κ3) is 2.57. The van der Waals surface area contributed by atoms with Gasteiger partial charge in [0.05, 0.1) is 6.10 Å². The van der Waals surface area contributed by atoms with Gasteiger partial charge in [0.2, 0.25) is 0 Å². The van der Waals surface area contributed by atoms with Gasteiger partial charge in [-0.25, -0.2) is 0 Å². The molecule has 2 rings (SSSR count). The Morgan fingerprint density at radius 2 is 2.06 bits per heavy atom. The topological polar surface area (TPSA) is 32.3 Å². The Balaban J connectivity index is 2.12. The van der Waals surface area contributed by atoms with Crippen molar-refractivity contribution in [1.82, 2.24) is 5.32 Å². The van der Waals surface area contributed by atoms with Gasteiger partial charge in [-0.05, 0) is 56.0 Å². The zero-order valence-electron chi connectivity index (χ0n) is 9.54. The van der Waals surface area contributed by atoms with E-state index in [2.05, 4.69) is 5.32 Å². The summed E-state index contributed by atoms with van der Waals surface area (Å²) >= 11 is 6.07. The van der Waals surface area contributed by atoms with Crippen molar-refractivity contribution in [1.29, 1.82) is 0 Å². The highest BCUT2D eigenvalue weighted by atomic mass is 35.5. The molecule has 2 N–H and O–H groups in total. The van der Waals surface area contributed by atoms with Gasteiger partial charge >= 0.3 is 0 Å². The minimum Gasteiger partial charge on any atom is -0.388 e. The number of halogens is 1. The average molecular weight is 240 g/mol. The van der Waals surface area contributed by atoms with Crippen LogP contribution in [-0.4, -0.2) is 18.2 Å². The van der Waals surface area contributed by atoms with Gasteiger partial charge in [-0.1, -0.05) is 23.7 Å². The summed E-state index contributed by atoms with van der Waals surface area (Å²) in [5, 5.41) is 14.3. The van der Waals surface area contributed by atoms with Crippen molar-refractivity contribution in [3.63, 3.8) is 0 Å². The Morgan fingerprint density at radius 3 is 2.69 bits per heavy atom. The predicted molar refractivity (Wildman–Crippen MR) is 66.7 cm³/mol. The molecule has 1 unspecified atom stereocenters. The maximum absolute atomic E-state index is 10.3. The SMILES string of the molecule is Cc1ccc(C(O)C2CCNCC2)cc1Cl. The lowest BCUT2D eigenvalue weighted by Crippen LogP contribution is -2.30. The van der Waals surface area contributed by atoms with Gasteiger partial charge in [-0.2, -0.15) is 0 Å². The van der Waals surface area contributed by atoms with Gasteiger partial charge in [0.25, 0.3) is 0 Å². The van der Waals surface area contributed by atoms with Crippen LogP contribution in [0.1, 0.15) is 30.1 Å². The fraction of sp³-hybridized carbons (Fsp3) is 0.538. The highest BCUT2D eigenvalue weighted by Gasteiger charge is 2.23. The fourth-order valence-corrected chi connectivity index (χ4v) is 2.41. The Bertz CT molecular complexity index is 361. The van der Waals surface area contributed by atoms with E-state index in [4.69, 9.17) is 11.6 Å². The molecule has 1 atom stereocenters. The molecule has 0 aliphatic carbocycles. The summed E-state index contributed by atoms with van der Waals surface area (Å²) in [7, 11) is 0. The number of hydrogen-bond acceptors (Lipinski definition) is 2. The average Bonchev–Trinajstić information content (AvgIpc) is 2.33. The highest BCUT2D eigenvalue weighted by molar-refractivity contribution is 6.31. The normalized spacial score (nSPS) is 19.7. The summed E-state index contributed by atoms with van der Waals surface area (Å²) in [6.45, 7) is 3.98. The number of piperidine rings is 1. The molecule has 0 saturated carbocycles. The molecule has 0 aromatic heterocycles. The van der Waals surface area contributed by atoms with Crippen LogP contribution in [0.4, 0.5) is 0 Å². The van der Waals surface area contributed by atoms with Crippen LogP contribution in [0.5, 0.6) is 0 Å². The molecule has 88 valence electrons. The minimum absolute atomic E-state index is 0.361. The van der Waals surface area contributed by atoms with Crippen LogP contribution in [0.3, 0.4) is 0 Å². The van der Waals surface area contributed by atoms with Crippen molar-refractivity contribution < 1.29 is 5.11 Å². The summed E-state index contributed by atoms with van der Waals surface area (Å²) in [5.74, 6) is 0.361. The molecule has 1 saturated heterocycles. The van der Waals surface area contributed by atoms with E-state index in [1.165, 1.54) is 0 Å². The largest absolute Gasteiger partial charge is 0.388 e. The smallest absolute Gasteiger partial charge is 0.0819 e. The molecule has 1 aliphatic rings. The summed E-state index contributed by atoms with van der Waals surface area (Å²) in [6, 6.07) is 5.85. The monoisotopic (exact) mass is 239 g/mol. The minimum atomic E-state index is -0.375. The molecule has 1 heterocycles.